The van der Waals surface area contributed by atoms with Gasteiger partial charge in [0, 0.05) is 23.1 Å². The second kappa shape index (κ2) is 8.30. The Hall–Kier alpha value is -3.74. The highest BCUT2D eigenvalue weighted by Crippen LogP contribution is 2.13. The molecule has 0 radical (unpaired) electrons. The zero-order valence-electron chi connectivity index (χ0n) is 15.5. The predicted octanol–water partition coefficient (Wildman–Crippen LogP) is 3.18. The maximum atomic E-state index is 12.1. The summed E-state index contributed by atoms with van der Waals surface area (Å²) in [6, 6.07) is 15.1. The summed E-state index contributed by atoms with van der Waals surface area (Å²) in [5, 5.41) is 6.81. The number of amides is 1. The molecule has 1 aromatic heterocycles. The molecule has 1 amide bonds. The molecule has 3 aromatic rings. The molecule has 0 saturated carbocycles. The molecule has 0 spiro atoms. The third kappa shape index (κ3) is 4.50. The van der Waals surface area contributed by atoms with Gasteiger partial charge < -0.3 is 10.1 Å². The van der Waals surface area contributed by atoms with Crippen LogP contribution in [0.25, 0.3) is 5.69 Å². The van der Waals surface area contributed by atoms with Crippen molar-refractivity contribution in [3.63, 3.8) is 0 Å². The van der Waals surface area contributed by atoms with Gasteiger partial charge in [-0.2, -0.15) is 5.10 Å². The van der Waals surface area contributed by atoms with E-state index in [4.69, 9.17) is 4.74 Å². The summed E-state index contributed by atoms with van der Waals surface area (Å²) < 4.78 is 6.80. The number of anilines is 1. The topological polar surface area (TPSA) is 90.3 Å². The van der Waals surface area contributed by atoms with Crippen LogP contribution in [0.3, 0.4) is 0 Å². The molecule has 0 saturated heterocycles. The number of aromatic nitrogens is 2. The van der Waals surface area contributed by atoms with Crippen molar-refractivity contribution in [1.82, 2.24) is 9.78 Å². The molecule has 3 rings (SSSR count). The van der Waals surface area contributed by atoms with E-state index in [1.165, 1.54) is 6.92 Å². The van der Waals surface area contributed by atoms with Crippen LogP contribution in [0.4, 0.5) is 5.69 Å². The molecular weight excluding hydrogens is 358 g/mol. The molecule has 28 heavy (non-hydrogen) atoms. The van der Waals surface area contributed by atoms with Gasteiger partial charge in [0.25, 0.3) is 5.91 Å². The number of hydrogen-bond donors (Lipinski definition) is 1. The van der Waals surface area contributed by atoms with Gasteiger partial charge in [-0.05, 0) is 68.4 Å². The fourth-order valence-corrected chi connectivity index (χ4v) is 2.58. The van der Waals surface area contributed by atoms with Crippen LogP contribution in [0.15, 0.2) is 60.8 Å². The van der Waals surface area contributed by atoms with Crippen LogP contribution in [0, 0.1) is 6.92 Å². The van der Waals surface area contributed by atoms with Crippen LogP contribution in [0.5, 0.6) is 0 Å². The average molecular weight is 377 g/mol. The number of ketones is 1. The van der Waals surface area contributed by atoms with Gasteiger partial charge in [-0.15, -0.1) is 0 Å². The quantitative estimate of drug-likeness (QED) is 0.526. The van der Waals surface area contributed by atoms with E-state index in [0.29, 0.717) is 16.8 Å². The van der Waals surface area contributed by atoms with E-state index in [9.17, 15) is 14.4 Å². The molecule has 1 N–H and O–H groups in total. The van der Waals surface area contributed by atoms with Crippen molar-refractivity contribution in [2.75, 3.05) is 11.9 Å². The van der Waals surface area contributed by atoms with Crippen molar-refractivity contribution in [2.45, 2.75) is 13.8 Å². The number of aryl methyl sites for hydroxylation is 1. The molecule has 0 aliphatic carbocycles. The first-order chi connectivity index (χ1) is 13.4. The number of rotatable bonds is 6. The van der Waals surface area contributed by atoms with E-state index in [-0.39, 0.29) is 5.78 Å². The molecule has 0 aliphatic heterocycles. The normalized spacial score (nSPS) is 10.4. The summed E-state index contributed by atoms with van der Waals surface area (Å²) in [5.41, 5.74) is 3.21. The van der Waals surface area contributed by atoms with Crippen molar-refractivity contribution in [1.29, 1.82) is 0 Å². The van der Waals surface area contributed by atoms with Gasteiger partial charge in [0.15, 0.2) is 12.4 Å². The van der Waals surface area contributed by atoms with E-state index < -0.39 is 18.5 Å². The molecule has 0 unspecified atom stereocenters. The SMILES string of the molecule is CC(=O)c1ccc(NC(=O)COC(=O)c2ccc(-n3nccc3C)cc2)cc1. The lowest BCUT2D eigenvalue weighted by Crippen LogP contribution is -2.21. The highest BCUT2D eigenvalue weighted by Gasteiger charge is 2.11. The predicted molar refractivity (Wildman–Crippen MR) is 104 cm³/mol. The van der Waals surface area contributed by atoms with Crippen molar-refractivity contribution in [3.05, 3.63) is 77.6 Å². The highest BCUT2D eigenvalue weighted by atomic mass is 16.5. The van der Waals surface area contributed by atoms with Gasteiger partial charge >= 0.3 is 5.97 Å². The third-order valence-corrected chi connectivity index (χ3v) is 4.09. The Morgan fingerprint density at radius 3 is 2.18 bits per heavy atom. The van der Waals surface area contributed by atoms with E-state index in [2.05, 4.69) is 10.4 Å². The Morgan fingerprint density at radius 1 is 0.964 bits per heavy atom. The smallest absolute Gasteiger partial charge is 0.338 e. The number of carbonyl (C=O) groups is 3. The lowest BCUT2D eigenvalue weighted by molar-refractivity contribution is -0.119. The largest absolute Gasteiger partial charge is 0.452 e. The summed E-state index contributed by atoms with van der Waals surface area (Å²) >= 11 is 0. The van der Waals surface area contributed by atoms with Crippen LogP contribution in [0.2, 0.25) is 0 Å². The zero-order chi connectivity index (χ0) is 20.1. The van der Waals surface area contributed by atoms with E-state index in [1.54, 1.807) is 59.4 Å². The first kappa shape index (κ1) is 19.0. The van der Waals surface area contributed by atoms with Gasteiger partial charge in [0.1, 0.15) is 0 Å². The van der Waals surface area contributed by atoms with E-state index in [1.807, 2.05) is 13.0 Å². The fourth-order valence-electron chi connectivity index (χ4n) is 2.58. The first-order valence-corrected chi connectivity index (χ1v) is 8.63. The monoisotopic (exact) mass is 377 g/mol. The molecule has 2 aromatic carbocycles. The highest BCUT2D eigenvalue weighted by molar-refractivity contribution is 5.97. The van der Waals surface area contributed by atoms with Crippen LogP contribution in [-0.2, 0) is 9.53 Å². The number of carbonyl (C=O) groups excluding carboxylic acids is 3. The average Bonchev–Trinajstić information content (AvgIpc) is 3.12. The molecule has 7 nitrogen and oxygen atoms in total. The molecule has 7 heteroatoms. The molecule has 1 heterocycles. The minimum atomic E-state index is -0.592. The van der Waals surface area contributed by atoms with E-state index >= 15 is 0 Å². The van der Waals surface area contributed by atoms with Crippen LogP contribution in [0.1, 0.15) is 33.3 Å². The Morgan fingerprint density at radius 2 is 1.61 bits per heavy atom. The second-order valence-electron chi connectivity index (χ2n) is 6.19. The number of Topliss-reactive ketones (excluding diaryl/α,β-unsaturated/α-hetero) is 1. The van der Waals surface area contributed by atoms with Gasteiger partial charge in [-0.3, -0.25) is 9.59 Å². The fraction of sp³-hybridized carbons (Fsp3) is 0.143. The molecule has 0 aliphatic rings. The Bertz CT molecular complexity index is 1000. The standard InChI is InChI=1S/C21H19N3O4/c1-14-11-12-22-24(14)19-9-5-17(6-10-19)21(27)28-13-20(26)23-18-7-3-16(4-8-18)15(2)25/h3-12H,13H2,1-2H3,(H,23,26). The minimum Gasteiger partial charge on any atom is -0.452 e. The van der Waals surface area contributed by atoms with Crippen molar-refractivity contribution < 1.29 is 19.1 Å². The van der Waals surface area contributed by atoms with E-state index in [0.717, 1.165) is 11.4 Å². The van der Waals surface area contributed by atoms with Gasteiger partial charge in [0.2, 0.25) is 0 Å². The molecule has 0 atom stereocenters. The van der Waals surface area contributed by atoms with Crippen molar-refractivity contribution >= 4 is 23.3 Å². The van der Waals surface area contributed by atoms with Crippen molar-refractivity contribution in [3.8, 4) is 5.69 Å². The van der Waals surface area contributed by atoms with Crippen molar-refractivity contribution in [2.24, 2.45) is 0 Å². The van der Waals surface area contributed by atoms with Crippen LogP contribution in [-0.4, -0.2) is 34.0 Å². The van der Waals surface area contributed by atoms with Gasteiger partial charge in [-0.25, -0.2) is 9.48 Å². The number of nitrogens with zero attached hydrogens (tertiary/aromatic N) is 2. The van der Waals surface area contributed by atoms with Gasteiger partial charge in [-0.1, -0.05) is 0 Å². The second-order valence-corrected chi connectivity index (χ2v) is 6.19. The molecule has 142 valence electrons. The summed E-state index contributed by atoms with van der Waals surface area (Å²) in [4.78, 5) is 35.3. The lowest BCUT2D eigenvalue weighted by Gasteiger charge is -2.08. The van der Waals surface area contributed by atoms with Crippen LogP contribution >= 0.6 is 0 Å². The number of esters is 1. The minimum absolute atomic E-state index is 0.0551. The Balaban J connectivity index is 1.54. The van der Waals surface area contributed by atoms with Crippen LogP contribution < -0.4 is 5.32 Å². The number of benzene rings is 2. The molecular formula is C21H19N3O4. The number of ether oxygens (including phenoxy) is 1. The first-order valence-electron chi connectivity index (χ1n) is 8.63. The zero-order valence-corrected chi connectivity index (χ0v) is 15.5. The lowest BCUT2D eigenvalue weighted by atomic mass is 10.1. The summed E-state index contributed by atoms with van der Waals surface area (Å²) in [6.07, 6.45) is 1.70. The summed E-state index contributed by atoms with van der Waals surface area (Å²) in [7, 11) is 0. The molecule has 0 bridgehead atoms. The Kier molecular flexibility index (Phi) is 5.64. The third-order valence-electron chi connectivity index (χ3n) is 4.09. The van der Waals surface area contributed by atoms with Gasteiger partial charge in [0.05, 0.1) is 11.3 Å². The Labute approximate surface area is 161 Å². The molecule has 0 fully saturated rings. The number of nitrogens with one attached hydrogen (secondary N) is 1. The maximum Gasteiger partial charge on any atom is 0.338 e. The summed E-state index contributed by atoms with van der Waals surface area (Å²) in [5.74, 6) is -1.11. The summed E-state index contributed by atoms with van der Waals surface area (Å²) in [6.45, 7) is 2.99. The number of hydrogen-bond acceptors (Lipinski definition) is 5. The maximum absolute atomic E-state index is 12.1.